The Kier molecular flexibility index (Phi) is 4.91. The molecule has 1 fully saturated rings. The zero-order valence-corrected chi connectivity index (χ0v) is 14.1. The average molecular weight is 334 g/mol. The van der Waals surface area contributed by atoms with Gasteiger partial charge in [-0.05, 0) is 6.92 Å². The van der Waals surface area contributed by atoms with Gasteiger partial charge in [0.05, 0.1) is 24.4 Å². The van der Waals surface area contributed by atoms with E-state index >= 15 is 0 Å². The Morgan fingerprint density at radius 1 is 1.38 bits per heavy atom. The monoisotopic (exact) mass is 334 g/mol. The lowest BCUT2D eigenvalue weighted by molar-refractivity contribution is 0.118. The summed E-state index contributed by atoms with van der Waals surface area (Å²) < 4.78 is 12.3. The second-order valence-corrected chi connectivity index (χ2v) is 5.69. The van der Waals surface area contributed by atoms with Crippen molar-refractivity contribution in [2.75, 3.05) is 25.7 Å². The topological polar surface area (TPSA) is 98.2 Å². The maximum Gasteiger partial charge on any atom is 0.343 e. The quantitative estimate of drug-likeness (QED) is 0.821. The second kappa shape index (κ2) is 7.10. The Balaban J connectivity index is 1.97. The normalized spacial score (nSPS) is 20.7. The molecule has 9 heteroatoms. The molecule has 130 valence electrons. The number of ether oxygens (including phenoxy) is 2. The van der Waals surface area contributed by atoms with Crippen LogP contribution in [0.1, 0.15) is 30.9 Å². The molecule has 0 amide bonds. The van der Waals surface area contributed by atoms with Crippen LogP contribution in [-0.2, 0) is 22.6 Å². The summed E-state index contributed by atoms with van der Waals surface area (Å²) in [4.78, 5) is 22.6. The molecule has 2 aromatic rings. The fourth-order valence-electron chi connectivity index (χ4n) is 3.13. The van der Waals surface area contributed by atoms with Gasteiger partial charge in [0.25, 0.3) is 0 Å². The molecule has 1 saturated heterocycles. The number of hydrogen-bond donors (Lipinski definition) is 1. The van der Waals surface area contributed by atoms with Crippen molar-refractivity contribution >= 4 is 5.82 Å². The van der Waals surface area contributed by atoms with Crippen LogP contribution in [0, 0.1) is 0 Å². The molecule has 24 heavy (non-hydrogen) atoms. The minimum Gasteiger partial charge on any atom is -0.380 e. The highest BCUT2D eigenvalue weighted by molar-refractivity contribution is 5.43. The molecule has 1 N–H and O–H groups in total. The van der Waals surface area contributed by atoms with Gasteiger partial charge < -0.3 is 14.4 Å². The molecular formula is C15H22N6O3. The fourth-order valence-corrected chi connectivity index (χ4v) is 3.13. The van der Waals surface area contributed by atoms with E-state index in [9.17, 15) is 4.79 Å². The smallest absolute Gasteiger partial charge is 0.343 e. The highest BCUT2D eigenvalue weighted by Gasteiger charge is 2.37. The molecule has 0 bridgehead atoms. The van der Waals surface area contributed by atoms with Crippen molar-refractivity contribution in [3.8, 4) is 0 Å². The van der Waals surface area contributed by atoms with E-state index < -0.39 is 0 Å². The molecule has 0 spiro atoms. The number of H-pyrrole nitrogens is 1. The summed E-state index contributed by atoms with van der Waals surface area (Å²) in [6.45, 7) is 3.58. The van der Waals surface area contributed by atoms with Gasteiger partial charge in [0.15, 0.2) is 5.82 Å². The van der Waals surface area contributed by atoms with E-state index in [0.29, 0.717) is 25.5 Å². The molecule has 2 aromatic heterocycles. The number of hydrogen-bond acceptors (Lipinski definition) is 7. The molecule has 0 aromatic carbocycles. The molecule has 0 radical (unpaired) electrons. The van der Waals surface area contributed by atoms with Gasteiger partial charge in [-0.15, -0.1) is 0 Å². The molecule has 3 rings (SSSR count). The van der Waals surface area contributed by atoms with E-state index in [1.165, 1.54) is 6.33 Å². The Hall–Kier alpha value is -2.26. The van der Waals surface area contributed by atoms with Gasteiger partial charge in [0.2, 0.25) is 0 Å². The number of aromatic amines is 1. The van der Waals surface area contributed by atoms with Crippen LogP contribution in [0.4, 0.5) is 5.82 Å². The first-order chi connectivity index (χ1) is 11.7. The van der Waals surface area contributed by atoms with Crippen molar-refractivity contribution in [2.24, 2.45) is 0 Å². The molecule has 0 saturated carbocycles. The van der Waals surface area contributed by atoms with Gasteiger partial charge >= 0.3 is 5.69 Å². The maximum absolute atomic E-state index is 11.9. The zero-order valence-electron chi connectivity index (χ0n) is 14.1. The zero-order chi connectivity index (χ0) is 17.1. The number of aromatic nitrogens is 5. The third kappa shape index (κ3) is 3.04. The van der Waals surface area contributed by atoms with Crippen molar-refractivity contribution in [3.05, 3.63) is 34.4 Å². The lowest BCUT2D eigenvalue weighted by atomic mass is 10.2. The predicted octanol–water partition coefficient (Wildman–Crippen LogP) is 0.494. The first-order valence-corrected chi connectivity index (χ1v) is 7.92. The van der Waals surface area contributed by atoms with Crippen LogP contribution in [0.15, 0.2) is 17.2 Å². The summed E-state index contributed by atoms with van der Waals surface area (Å²) in [6.07, 6.45) is 2.32. The van der Waals surface area contributed by atoms with Crippen molar-refractivity contribution in [2.45, 2.75) is 38.6 Å². The number of nitrogens with one attached hydrogen (secondary N) is 1. The standard InChI is InChI=1S/C15H22N6O3/c1-4-20-14(18-19-15(20)22)12-6-11(24-3)7-21(12)13-5-10(8-23-2)16-9-17-13/h5,9,11-12H,4,6-8H2,1-3H3,(H,19,22)/t11-,12-/m0/s1. The van der Waals surface area contributed by atoms with Gasteiger partial charge in [0.1, 0.15) is 12.1 Å². The first-order valence-electron chi connectivity index (χ1n) is 7.92. The van der Waals surface area contributed by atoms with Crippen LogP contribution in [0.2, 0.25) is 0 Å². The van der Waals surface area contributed by atoms with Crippen LogP contribution in [0.25, 0.3) is 0 Å². The van der Waals surface area contributed by atoms with Crippen LogP contribution in [-0.4, -0.2) is 51.6 Å². The molecule has 1 aliphatic heterocycles. The Bertz CT molecular complexity index is 743. The number of nitrogens with zero attached hydrogens (tertiary/aromatic N) is 5. The van der Waals surface area contributed by atoms with E-state index in [-0.39, 0.29) is 17.8 Å². The Morgan fingerprint density at radius 2 is 2.21 bits per heavy atom. The summed E-state index contributed by atoms with van der Waals surface area (Å²) in [7, 11) is 3.32. The summed E-state index contributed by atoms with van der Waals surface area (Å²) in [6, 6.07) is 1.81. The minimum atomic E-state index is -0.198. The van der Waals surface area contributed by atoms with Crippen LogP contribution < -0.4 is 10.6 Å². The Morgan fingerprint density at radius 3 is 2.92 bits per heavy atom. The van der Waals surface area contributed by atoms with Crippen molar-refractivity contribution in [1.82, 2.24) is 24.7 Å². The SMILES string of the molecule is CCn1c([C@@H]2C[C@H](OC)CN2c2cc(COC)ncn2)n[nH]c1=O. The van der Waals surface area contributed by atoms with Crippen LogP contribution in [0.5, 0.6) is 0 Å². The van der Waals surface area contributed by atoms with E-state index in [4.69, 9.17) is 9.47 Å². The van der Waals surface area contributed by atoms with Gasteiger partial charge in [-0.3, -0.25) is 4.57 Å². The van der Waals surface area contributed by atoms with Gasteiger partial charge in [0, 0.05) is 39.8 Å². The largest absolute Gasteiger partial charge is 0.380 e. The van der Waals surface area contributed by atoms with Crippen molar-refractivity contribution < 1.29 is 9.47 Å². The number of anilines is 1. The average Bonchev–Trinajstić information content (AvgIpc) is 3.18. The molecule has 2 atom stereocenters. The first kappa shape index (κ1) is 16.6. The fraction of sp³-hybridized carbons (Fsp3) is 0.600. The lowest BCUT2D eigenvalue weighted by Crippen LogP contribution is -2.29. The van der Waals surface area contributed by atoms with Crippen molar-refractivity contribution in [3.63, 3.8) is 0 Å². The molecule has 9 nitrogen and oxygen atoms in total. The van der Waals surface area contributed by atoms with E-state index in [0.717, 1.165) is 17.9 Å². The van der Waals surface area contributed by atoms with E-state index in [1.807, 2.05) is 13.0 Å². The highest BCUT2D eigenvalue weighted by atomic mass is 16.5. The maximum atomic E-state index is 11.9. The number of methoxy groups -OCH3 is 2. The summed E-state index contributed by atoms with van der Waals surface area (Å²) >= 11 is 0. The minimum absolute atomic E-state index is 0.0490. The van der Waals surface area contributed by atoms with Gasteiger partial charge in [-0.25, -0.2) is 19.9 Å². The third-order valence-electron chi connectivity index (χ3n) is 4.29. The summed E-state index contributed by atoms with van der Waals surface area (Å²) in [5.74, 6) is 1.48. The third-order valence-corrected chi connectivity index (χ3v) is 4.29. The number of rotatable bonds is 6. The predicted molar refractivity (Wildman–Crippen MR) is 86.8 cm³/mol. The van der Waals surface area contributed by atoms with E-state index in [2.05, 4.69) is 25.1 Å². The molecule has 3 heterocycles. The van der Waals surface area contributed by atoms with Crippen LogP contribution in [0.3, 0.4) is 0 Å². The second-order valence-electron chi connectivity index (χ2n) is 5.69. The van der Waals surface area contributed by atoms with Crippen molar-refractivity contribution in [1.29, 1.82) is 0 Å². The molecule has 1 aliphatic rings. The molecule has 0 aliphatic carbocycles. The van der Waals surface area contributed by atoms with Crippen LogP contribution >= 0.6 is 0 Å². The highest BCUT2D eigenvalue weighted by Crippen LogP contribution is 2.35. The van der Waals surface area contributed by atoms with E-state index in [1.54, 1.807) is 18.8 Å². The Labute approximate surface area is 139 Å². The lowest BCUT2D eigenvalue weighted by Gasteiger charge is -2.25. The molecular weight excluding hydrogens is 312 g/mol. The molecule has 0 unspecified atom stereocenters. The van der Waals surface area contributed by atoms with Gasteiger partial charge in [-0.2, -0.15) is 5.10 Å². The summed E-state index contributed by atoms with van der Waals surface area (Å²) in [5, 5.41) is 6.77. The van der Waals surface area contributed by atoms with Gasteiger partial charge in [-0.1, -0.05) is 0 Å². The summed E-state index contributed by atoms with van der Waals surface area (Å²) in [5.41, 5.74) is 0.605.